The summed E-state index contributed by atoms with van der Waals surface area (Å²) >= 11 is 2.03. The van der Waals surface area contributed by atoms with Crippen LogP contribution in [0.4, 0.5) is 0 Å². The zero-order valence-electron chi connectivity index (χ0n) is 9.03. The molecular formula is C10H17N3OS. The van der Waals surface area contributed by atoms with Gasteiger partial charge < -0.3 is 9.84 Å². The van der Waals surface area contributed by atoms with Gasteiger partial charge in [0.05, 0.1) is 0 Å². The van der Waals surface area contributed by atoms with Gasteiger partial charge in [-0.1, -0.05) is 5.16 Å². The summed E-state index contributed by atoms with van der Waals surface area (Å²) in [6, 6.07) is 0. The number of aromatic nitrogens is 2. The molecule has 1 atom stereocenters. The Morgan fingerprint density at radius 1 is 1.60 bits per heavy atom. The van der Waals surface area contributed by atoms with Crippen molar-refractivity contribution in [1.82, 2.24) is 15.5 Å². The van der Waals surface area contributed by atoms with Gasteiger partial charge in [0.25, 0.3) is 0 Å². The zero-order chi connectivity index (χ0) is 10.5. The monoisotopic (exact) mass is 227 g/mol. The highest BCUT2D eigenvalue weighted by molar-refractivity contribution is 8.00. The number of hydrogen-bond acceptors (Lipinski definition) is 5. The Balaban J connectivity index is 1.83. The van der Waals surface area contributed by atoms with E-state index in [0.717, 1.165) is 31.1 Å². The second-order valence-corrected chi connectivity index (χ2v) is 5.21. The molecule has 0 bridgehead atoms. The lowest BCUT2D eigenvalue weighted by molar-refractivity contribution is 0.371. The Morgan fingerprint density at radius 2 is 2.53 bits per heavy atom. The first-order valence-electron chi connectivity index (χ1n) is 5.46. The van der Waals surface area contributed by atoms with Crippen LogP contribution in [0.1, 0.15) is 24.6 Å². The van der Waals surface area contributed by atoms with Gasteiger partial charge in [0.1, 0.15) is 0 Å². The summed E-state index contributed by atoms with van der Waals surface area (Å²) in [7, 11) is 1.92. The second-order valence-electron chi connectivity index (χ2n) is 3.80. The van der Waals surface area contributed by atoms with E-state index in [4.69, 9.17) is 4.52 Å². The van der Waals surface area contributed by atoms with Crippen LogP contribution < -0.4 is 5.32 Å². The number of rotatable bonds is 5. The molecule has 2 heterocycles. The highest BCUT2D eigenvalue weighted by Crippen LogP contribution is 2.28. The molecule has 1 aliphatic rings. The summed E-state index contributed by atoms with van der Waals surface area (Å²) in [4.78, 5) is 4.38. The van der Waals surface area contributed by atoms with Crippen LogP contribution in [0.3, 0.4) is 0 Å². The standard InChI is InChI=1S/C10H17N3OS/c1-11-5-4-10-12-9(13-14-10)7-8-3-2-6-15-8/h8,11H,2-7H2,1H3. The van der Waals surface area contributed by atoms with Crippen LogP contribution in [0.15, 0.2) is 4.52 Å². The van der Waals surface area contributed by atoms with E-state index < -0.39 is 0 Å². The van der Waals surface area contributed by atoms with Crippen LogP contribution in [0.2, 0.25) is 0 Å². The van der Waals surface area contributed by atoms with E-state index in [1.807, 2.05) is 18.8 Å². The van der Waals surface area contributed by atoms with Crippen molar-refractivity contribution in [3.05, 3.63) is 11.7 Å². The summed E-state index contributed by atoms with van der Waals surface area (Å²) in [5, 5.41) is 7.78. The van der Waals surface area contributed by atoms with E-state index in [2.05, 4.69) is 15.5 Å². The fourth-order valence-corrected chi connectivity index (χ4v) is 2.98. The van der Waals surface area contributed by atoms with E-state index in [1.54, 1.807) is 0 Å². The molecule has 15 heavy (non-hydrogen) atoms. The van der Waals surface area contributed by atoms with E-state index in [-0.39, 0.29) is 0 Å². The summed E-state index contributed by atoms with van der Waals surface area (Å²) in [5.74, 6) is 2.91. The molecule has 1 saturated heterocycles. The zero-order valence-corrected chi connectivity index (χ0v) is 9.85. The number of likely N-dealkylation sites (N-methyl/N-ethyl adjacent to an activating group) is 1. The average Bonchev–Trinajstić information content (AvgIpc) is 2.87. The molecule has 84 valence electrons. The lowest BCUT2D eigenvalue weighted by Gasteiger charge is -2.02. The minimum absolute atomic E-state index is 0.708. The molecule has 0 amide bonds. The van der Waals surface area contributed by atoms with Gasteiger partial charge in [0.2, 0.25) is 5.89 Å². The lowest BCUT2D eigenvalue weighted by Crippen LogP contribution is -2.10. The SMILES string of the molecule is CNCCc1nc(CC2CCCS2)no1. The smallest absolute Gasteiger partial charge is 0.227 e. The molecule has 1 aliphatic heterocycles. The molecule has 0 aliphatic carbocycles. The van der Waals surface area contributed by atoms with Crippen molar-refractivity contribution in [2.24, 2.45) is 0 Å². The third-order valence-corrected chi connectivity index (χ3v) is 3.93. The predicted molar refractivity (Wildman–Crippen MR) is 61.1 cm³/mol. The fourth-order valence-electron chi connectivity index (χ4n) is 1.72. The van der Waals surface area contributed by atoms with E-state index >= 15 is 0 Å². The third kappa shape index (κ3) is 3.21. The van der Waals surface area contributed by atoms with Gasteiger partial charge in [-0.25, -0.2) is 0 Å². The minimum Gasteiger partial charge on any atom is -0.339 e. The van der Waals surface area contributed by atoms with Crippen LogP contribution in [0, 0.1) is 0 Å². The second kappa shape index (κ2) is 5.51. The normalized spacial score (nSPS) is 21.0. The van der Waals surface area contributed by atoms with Crippen LogP contribution in [-0.4, -0.2) is 34.7 Å². The summed E-state index contributed by atoms with van der Waals surface area (Å²) in [6.07, 6.45) is 4.42. The summed E-state index contributed by atoms with van der Waals surface area (Å²) in [6.45, 7) is 0.889. The van der Waals surface area contributed by atoms with Crippen LogP contribution in [-0.2, 0) is 12.8 Å². The Bertz CT molecular complexity index is 297. The third-order valence-electron chi connectivity index (χ3n) is 2.53. The molecule has 1 N–H and O–H groups in total. The van der Waals surface area contributed by atoms with Crippen molar-refractivity contribution in [2.45, 2.75) is 30.9 Å². The Hall–Kier alpha value is -0.550. The molecule has 0 radical (unpaired) electrons. The number of nitrogens with zero attached hydrogens (tertiary/aromatic N) is 2. The van der Waals surface area contributed by atoms with Gasteiger partial charge in [0, 0.05) is 24.6 Å². The predicted octanol–water partition coefficient (Wildman–Crippen LogP) is 1.27. The molecule has 0 saturated carbocycles. The van der Waals surface area contributed by atoms with Crippen LogP contribution in [0.25, 0.3) is 0 Å². The van der Waals surface area contributed by atoms with E-state index in [1.165, 1.54) is 18.6 Å². The van der Waals surface area contributed by atoms with Crippen LogP contribution in [0.5, 0.6) is 0 Å². The molecule has 4 nitrogen and oxygen atoms in total. The number of thioether (sulfide) groups is 1. The van der Waals surface area contributed by atoms with Crippen molar-refractivity contribution in [3.8, 4) is 0 Å². The molecule has 0 aromatic carbocycles. The molecule has 1 aromatic heterocycles. The van der Waals surface area contributed by atoms with Gasteiger partial charge in [-0.3, -0.25) is 0 Å². The molecule has 5 heteroatoms. The maximum absolute atomic E-state index is 5.17. The molecular weight excluding hydrogens is 210 g/mol. The molecule has 1 aromatic rings. The topological polar surface area (TPSA) is 51.0 Å². The van der Waals surface area contributed by atoms with Crippen molar-refractivity contribution < 1.29 is 4.52 Å². The van der Waals surface area contributed by atoms with Crippen molar-refractivity contribution in [3.63, 3.8) is 0 Å². The summed E-state index contributed by atoms with van der Waals surface area (Å²) < 4.78 is 5.17. The maximum atomic E-state index is 5.17. The quantitative estimate of drug-likeness (QED) is 0.821. The van der Waals surface area contributed by atoms with Crippen molar-refractivity contribution >= 4 is 11.8 Å². The van der Waals surface area contributed by atoms with Gasteiger partial charge >= 0.3 is 0 Å². The molecule has 2 rings (SSSR count). The first-order valence-corrected chi connectivity index (χ1v) is 6.51. The number of hydrogen-bond donors (Lipinski definition) is 1. The lowest BCUT2D eigenvalue weighted by atomic mass is 10.2. The summed E-state index contributed by atoms with van der Waals surface area (Å²) in [5.41, 5.74) is 0. The van der Waals surface area contributed by atoms with Crippen LogP contribution >= 0.6 is 11.8 Å². The molecule has 1 unspecified atom stereocenters. The first kappa shape index (κ1) is 11.0. The minimum atomic E-state index is 0.708. The van der Waals surface area contributed by atoms with E-state index in [9.17, 15) is 0 Å². The maximum Gasteiger partial charge on any atom is 0.227 e. The average molecular weight is 227 g/mol. The molecule has 0 spiro atoms. The Morgan fingerprint density at radius 3 is 3.27 bits per heavy atom. The van der Waals surface area contributed by atoms with Gasteiger partial charge in [-0.15, -0.1) is 0 Å². The Labute approximate surface area is 94.2 Å². The molecule has 1 fully saturated rings. The highest BCUT2D eigenvalue weighted by Gasteiger charge is 2.18. The first-order chi connectivity index (χ1) is 7.38. The van der Waals surface area contributed by atoms with E-state index in [0.29, 0.717) is 5.25 Å². The fraction of sp³-hybridized carbons (Fsp3) is 0.800. The van der Waals surface area contributed by atoms with Gasteiger partial charge in [-0.05, 0) is 25.6 Å². The highest BCUT2D eigenvalue weighted by atomic mass is 32.2. The van der Waals surface area contributed by atoms with Crippen molar-refractivity contribution in [2.75, 3.05) is 19.3 Å². The van der Waals surface area contributed by atoms with Gasteiger partial charge in [0.15, 0.2) is 5.82 Å². The van der Waals surface area contributed by atoms with Gasteiger partial charge in [-0.2, -0.15) is 16.7 Å². The largest absolute Gasteiger partial charge is 0.339 e. The number of nitrogens with one attached hydrogen (secondary N) is 1. The van der Waals surface area contributed by atoms with Crippen molar-refractivity contribution in [1.29, 1.82) is 0 Å². The Kier molecular flexibility index (Phi) is 4.02.